The average Bonchev–Trinajstić information content (AvgIpc) is 2.58. The fourth-order valence-electron chi connectivity index (χ4n) is 2.74. The summed E-state index contributed by atoms with van der Waals surface area (Å²) >= 11 is 0. The van der Waals surface area contributed by atoms with E-state index < -0.39 is 5.60 Å². The Labute approximate surface area is 157 Å². The van der Waals surface area contributed by atoms with Gasteiger partial charge >= 0.3 is 5.97 Å². The Balaban J connectivity index is 1.86. The van der Waals surface area contributed by atoms with E-state index in [0.717, 1.165) is 25.7 Å². The van der Waals surface area contributed by atoms with Crippen molar-refractivity contribution in [2.24, 2.45) is 5.73 Å². The highest BCUT2D eigenvalue weighted by Crippen LogP contribution is 2.23. The fourth-order valence-corrected chi connectivity index (χ4v) is 2.74. The molecule has 0 aliphatic heterocycles. The summed E-state index contributed by atoms with van der Waals surface area (Å²) < 4.78 is 27.5. The minimum absolute atomic E-state index is 0.241. The number of carbonyl (C=O) groups excluding carboxylic acids is 1. The van der Waals surface area contributed by atoms with Crippen LogP contribution in [-0.2, 0) is 28.5 Å². The SMILES string of the molecule is CC(C)(C)OC(=O)CCOCCOCCO[C@H]1CC[C@H](OCCN)CC1. The zero-order chi connectivity index (χ0) is 19.3. The zero-order valence-electron chi connectivity index (χ0n) is 16.7. The van der Waals surface area contributed by atoms with Crippen LogP contribution in [-0.4, -0.2) is 70.0 Å². The summed E-state index contributed by atoms with van der Waals surface area (Å²) in [6.45, 7) is 9.24. The first-order valence-corrected chi connectivity index (χ1v) is 9.71. The predicted octanol–water partition coefficient (Wildman–Crippen LogP) is 2.05. The van der Waals surface area contributed by atoms with E-state index in [1.54, 1.807) is 0 Å². The molecule has 7 heteroatoms. The van der Waals surface area contributed by atoms with Gasteiger partial charge in [0.15, 0.2) is 0 Å². The van der Waals surface area contributed by atoms with Crippen molar-refractivity contribution in [3.63, 3.8) is 0 Å². The lowest BCUT2D eigenvalue weighted by Crippen LogP contribution is -2.28. The van der Waals surface area contributed by atoms with Crippen LogP contribution < -0.4 is 5.73 Å². The maximum absolute atomic E-state index is 11.5. The molecular weight excluding hydrogens is 338 g/mol. The molecule has 2 N–H and O–H groups in total. The monoisotopic (exact) mass is 375 g/mol. The predicted molar refractivity (Wildman–Crippen MR) is 99.1 cm³/mol. The molecule has 0 aromatic carbocycles. The fraction of sp³-hybridized carbons (Fsp3) is 0.947. The van der Waals surface area contributed by atoms with Gasteiger partial charge in [-0.15, -0.1) is 0 Å². The van der Waals surface area contributed by atoms with E-state index in [2.05, 4.69) is 0 Å². The minimum Gasteiger partial charge on any atom is -0.460 e. The van der Waals surface area contributed by atoms with E-state index in [-0.39, 0.29) is 12.4 Å². The first-order chi connectivity index (χ1) is 12.4. The third kappa shape index (κ3) is 12.6. The Morgan fingerprint density at radius 2 is 1.35 bits per heavy atom. The van der Waals surface area contributed by atoms with Crippen LogP contribution in [0.25, 0.3) is 0 Å². The van der Waals surface area contributed by atoms with E-state index >= 15 is 0 Å². The van der Waals surface area contributed by atoms with Gasteiger partial charge in [0.1, 0.15) is 5.60 Å². The summed E-state index contributed by atoms with van der Waals surface area (Å²) in [5.41, 5.74) is 5.00. The normalized spacial score (nSPS) is 20.9. The topological polar surface area (TPSA) is 89.2 Å². The van der Waals surface area contributed by atoms with Crippen molar-refractivity contribution in [2.45, 2.75) is 70.7 Å². The lowest BCUT2D eigenvalue weighted by molar-refractivity contribution is -0.156. The van der Waals surface area contributed by atoms with Gasteiger partial charge in [-0.2, -0.15) is 0 Å². The van der Waals surface area contributed by atoms with Gasteiger partial charge in [-0.25, -0.2) is 0 Å². The van der Waals surface area contributed by atoms with Crippen molar-refractivity contribution >= 4 is 5.97 Å². The van der Waals surface area contributed by atoms with Crippen LogP contribution in [0.2, 0.25) is 0 Å². The number of rotatable bonds is 13. The summed E-state index contributed by atoms with van der Waals surface area (Å²) in [6.07, 6.45) is 5.05. The highest BCUT2D eigenvalue weighted by Gasteiger charge is 2.21. The summed E-state index contributed by atoms with van der Waals surface area (Å²) in [5.74, 6) is -0.241. The molecule has 1 rings (SSSR count). The van der Waals surface area contributed by atoms with E-state index in [9.17, 15) is 4.79 Å². The molecule has 1 aliphatic carbocycles. The molecule has 0 aromatic heterocycles. The number of esters is 1. The Morgan fingerprint density at radius 3 is 1.88 bits per heavy atom. The molecule has 26 heavy (non-hydrogen) atoms. The quantitative estimate of drug-likeness (QED) is 0.389. The van der Waals surface area contributed by atoms with Crippen LogP contribution in [0.4, 0.5) is 0 Å². The van der Waals surface area contributed by atoms with Crippen molar-refractivity contribution in [3.05, 3.63) is 0 Å². The largest absolute Gasteiger partial charge is 0.460 e. The van der Waals surface area contributed by atoms with Crippen LogP contribution in [0.15, 0.2) is 0 Å². The maximum atomic E-state index is 11.5. The Hall–Kier alpha value is -0.730. The molecule has 0 saturated heterocycles. The molecule has 154 valence electrons. The average molecular weight is 376 g/mol. The highest BCUT2D eigenvalue weighted by molar-refractivity contribution is 5.69. The molecular formula is C19H37NO6. The molecule has 0 unspecified atom stereocenters. The van der Waals surface area contributed by atoms with Crippen molar-refractivity contribution in [2.75, 3.05) is 46.2 Å². The van der Waals surface area contributed by atoms with Crippen LogP contribution in [0.5, 0.6) is 0 Å². The molecule has 0 heterocycles. The number of hydrogen-bond donors (Lipinski definition) is 1. The lowest BCUT2D eigenvalue weighted by Gasteiger charge is -2.28. The third-order valence-electron chi connectivity index (χ3n) is 3.92. The van der Waals surface area contributed by atoms with Gasteiger partial charge in [0.25, 0.3) is 0 Å². The van der Waals surface area contributed by atoms with E-state index in [1.807, 2.05) is 20.8 Å². The number of nitrogens with two attached hydrogens (primary N) is 1. The van der Waals surface area contributed by atoms with E-state index in [4.69, 9.17) is 29.4 Å². The van der Waals surface area contributed by atoms with E-state index in [1.165, 1.54) is 0 Å². The van der Waals surface area contributed by atoms with Crippen molar-refractivity contribution in [1.82, 2.24) is 0 Å². The molecule has 0 aromatic rings. The van der Waals surface area contributed by atoms with Crippen molar-refractivity contribution < 1.29 is 28.5 Å². The maximum Gasteiger partial charge on any atom is 0.308 e. The van der Waals surface area contributed by atoms with Crippen molar-refractivity contribution in [1.29, 1.82) is 0 Å². The molecule has 0 spiro atoms. The van der Waals surface area contributed by atoms with E-state index in [0.29, 0.717) is 58.4 Å². The second kappa shape index (κ2) is 13.4. The van der Waals surface area contributed by atoms with Gasteiger partial charge in [-0.3, -0.25) is 4.79 Å². The second-order valence-corrected chi connectivity index (χ2v) is 7.49. The smallest absolute Gasteiger partial charge is 0.308 e. The molecule has 0 bridgehead atoms. The lowest BCUT2D eigenvalue weighted by atomic mass is 9.95. The summed E-state index contributed by atoms with van der Waals surface area (Å²) in [4.78, 5) is 11.5. The van der Waals surface area contributed by atoms with Gasteiger partial charge in [0, 0.05) is 6.54 Å². The molecule has 1 saturated carbocycles. The van der Waals surface area contributed by atoms with Gasteiger partial charge in [0.05, 0.1) is 58.3 Å². The molecule has 0 amide bonds. The highest BCUT2D eigenvalue weighted by atomic mass is 16.6. The first-order valence-electron chi connectivity index (χ1n) is 9.71. The molecule has 1 fully saturated rings. The van der Waals surface area contributed by atoms with Gasteiger partial charge in [-0.1, -0.05) is 0 Å². The molecule has 7 nitrogen and oxygen atoms in total. The van der Waals surface area contributed by atoms with Crippen LogP contribution in [0, 0.1) is 0 Å². The van der Waals surface area contributed by atoms with Gasteiger partial charge in [-0.05, 0) is 46.5 Å². The second-order valence-electron chi connectivity index (χ2n) is 7.49. The van der Waals surface area contributed by atoms with Crippen LogP contribution in [0.1, 0.15) is 52.9 Å². The number of ether oxygens (including phenoxy) is 5. The van der Waals surface area contributed by atoms with Gasteiger partial charge in [0.2, 0.25) is 0 Å². The summed E-state index contributed by atoms with van der Waals surface area (Å²) in [7, 11) is 0. The molecule has 0 atom stereocenters. The third-order valence-corrected chi connectivity index (χ3v) is 3.92. The standard InChI is InChI=1S/C19H37NO6/c1-19(2,3)26-18(21)8-10-22-12-13-23-14-15-25-17-6-4-16(5-7-17)24-11-9-20/h16-17H,4-15,20H2,1-3H3/t16-,17-. The van der Waals surface area contributed by atoms with Crippen LogP contribution in [0.3, 0.4) is 0 Å². The number of hydrogen-bond acceptors (Lipinski definition) is 7. The summed E-state index contributed by atoms with van der Waals surface area (Å²) in [5, 5.41) is 0. The molecule has 0 radical (unpaired) electrons. The Morgan fingerprint density at radius 1 is 0.846 bits per heavy atom. The Kier molecular flexibility index (Phi) is 12.0. The minimum atomic E-state index is -0.447. The molecule has 1 aliphatic rings. The summed E-state index contributed by atoms with van der Waals surface area (Å²) in [6, 6.07) is 0. The van der Waals surface area contributed by atoms with Crippen LogP contribution >= 0.6 is 0 Å². The number of carbonyl (C=O) groups is 1. The zero-order valence-corrected chi connectivity index (χ0v) is 16.7. The Bertz CT molecular complexity index is 364. The van der Waals surface area contributed by atoms with Gasteiger partial charge < -0.3 is 29.4 Å². The first kappa shape index (κ1) is 23.3. The van der Waals surface area contributed by atoms with Crippen molar-refractivity contribution in [3.8, 4) is 0 Å².